The average molecular weight is 649 g/mol. The number of esters is 2. The first-order valence-electron chi connectivity index (χ1n) is 9.56. The van der Waals surface area contributed by atoms with Crippen LogP contribution in [0.25, 0.3) is 10.4 Å². The van der Waals surface area contributed by atoms with E-state index < -0.39 is 0 Å². The quantitative estimate of drug-likeness (QED) is 0.281. The Morgan fingerprint density at radius 1 is 1.35 bits per heavy atom. The van der Waals surface area contributed by atoms with Gasteiger partial charge in [-0.15, -0.1) is 0 Å². The van der Waals surface area contributed by atoms with Gasteiger partial charge in [-0.3, -0.25) is 4.79 Å². The molecule has 0 amide bonds. The second-order valence-corrected chi connectivity index (χ2v) is 5.47. The first-order valence-corrected chi connectivity index (χ1v) is 8.98. The van der Waals surface area contributed by atoms with Crippen LogP contribution in [0.1, 0.15) is 30.8 Å². The molecule has 0 spiro atoms. The number of rotatable bonds is 5. The minimum absolute atomic E-state index is 0. The monoisotopic (exact) mass is 649 g/mol. The molecule has 0 aliphatic heterocycles. The molecule has 1 aliphatic carbocycles. The average Bonchev–Trinajstić information content (AvgIpc) is 3.48. The Kier molecular flexibility index (Phi) is 16.6. The molecule has 0 fully saturated rings. The van der Waals surface area contributed by atoms with Gasteiger partial charge in [0, 0.05) is 51.2 Å². The van der Waals surface area contributed by atoms with Gasteiger partial charge < -0.3 is 13.9 Å². The largest absolute Gasteiger partial charge is 0.461 e. The maximum atomic E-state index is 11.3. The summed E-state index contributed by atoms with van der Waals surface area (Å²) in [7, 11) is 3.75. The number of aromatic nitrogens is 2. The van der Waals surface area contributed by atoms with Gasteiger partial charge in [-0.1, -0.05) is 23.1 Å². The van der Waals surface area contributed by atoms with Crippen LogP contribution in [0.4, 0.5) is 0 Å². The van der Waals surface area contributed by atoms with E-state index in [1.54, 1.807) is 26.2 Å². The Morgan fingerprint density at radius 2 is 2.06 bits per heavy atom. The van der Waals surface area contributed by atoms with Crippen molar-refractivity contribution in [1.82, 2.24) is 9.38 Å². The molecule has 0 saturated carbocycles. The first-order chi connectivity index (χ1) is 15.0. The van der Waals surface area contributed by atoms with Crippen LogP contribution in [0.15, 0.2) is 54.5 Å². The molecule has 31 heavy (non-hydrogen) atoms. The van der Waals surface area contributed by atoms with Crippen molar-refractivity contribution < 1.29 is 55.0 Å². The van der Waals surface area contributed by atoms with Crippen molar-refractivity contribution >= 4 is 32.1 Å². The molecule has 2 aromatic rings. The molecule has 0 aromatic carbocycles. The van der Waals surface area contributed by atoms with Gasteiger partial charge >= 0.3 is 18.5 Å². The number of ether oxygens (including phenoxy) is 2. The van der Waals surface area contributed by atoms with Gasteiger partial charge in [0.2, 0.25) is 0 Å². The molecule has 160 valence electrons. The Balaban J connectivity index is 0. The van der Waals surface area contributed by atoms with Crippen molar-refractivity contribution in [2.24, 2.45) is 0 Å². The predicted octanol–water partition coefficient (Wildman–Crippen LogP) is 2.45. The zero-order chi connectivity index (χ0) is 23.5. The summed E-state index contributed by atoms with van der Waals surface area (Å²) < 4.78 is 16.4. The predicted molar refractivity (Wildman–Crippen MR) is 116 cm³/mol. The third kappa shape index (κ3) is 12.0. The van der Waals surface area contributed by atoms with Crippen LogP contribution < -0.4 is 0 Å². The van der Waals surface area contributed by atoms with Gasteiger partial charge in [0.05, 0.1) is 13.2 Å². The van der Waals surface area contributed by atoms with E-state index in [9.17, 15) is 14.4 Å². The molecule has 2 heterocycles. The second-order valence-electron chi connectivity index (χ2n) is 5.47. The van der Waals surface area contributed by atoms with E-state index in [0.717, 1.165) is 23.8 Å². The van der Waals surface area contributed by atoms with Crippen LogP contribution in [0.3, 0.4) is 0 Å². The van der Waals surface area contributed by atoms with E-state index in [1.807, 2.05) is 41.0 Å². The fourth-order valence-electron chi connectivity index (χ4n) is 2.09. The number of aldehydes is 1. The topological polar surface area (TPSA) is 91.3 Å². The van der Waals surface area contributed by atoms with Crippen molar-refractivity contribution in [1.29, 1.82) is 1.34 Å². The minimum atomic E-state index is -0.380. The fourth-order valence-corrected chi connectivity index (χ4v) is 2.09. The van der Waals surface area contributed by atoms with Crippen LogP contribution >= 0.6 is 0 Å². The van der Waals surface area contributed by atoms with Crippen LogP contribution in [0.5, 0.6) is 0 Å². The van der Waals surface area contributed by atoms with Gasteiger partial charge in [0.25, 0.3) is 6.57 Å². The number of nitrogens with zero attached hydrogens (tertiary/aromatic N) is 3. The number of hydrogen-bond acceptors (Lipinski definition) is 6. The van der Waals surface area contributed by atoms with Crippen LogP contribution in [0, 0.1) is 37.7 Å². The standard InChI is InChI=1S/C10H10N2O2.C6H6O.C5H8NO2.BH.U/c1-2-14-10(13)9-6-8-4-3-5-12(8)7-11-9;7-5-6-3-1-2-4-6;1-3-8-5(7)4-6-2;;/h3-7H,2H2,1H3;1-3,5H,4H2;2H,3-4H2,1H3;1H;/q;;+1;;/i;;;1D;. The van der Waals surface area contributed by atoms with Gasteiger partial charge in [-0.25, -0.2) is 14.6 Å². The van der Waals surface area contributed by atoms with Crippen molar-refractivity contribution in [2.75, 3.05) is 19.8 Å². The SMILES string of the molecule is C#[N+]CC(=O)OCC.CCOC(=O)c1cc2cccn2cn1.O=CC1=CC=CC1.[2H][B].[U]. The zero-order valence-corrected chi connectivity index (χ0v) is 21.7. The third-order valence-electron chi connectivity index (χ3n) is 3.38. The van der Waals surface area contributed by atoms with E-state index in [0.29, 0.717) is 18.9 Å². The smallest absolute Gasteiger partial charge is 0.391 e. The molecule has 2 aromatic heterocycles. The normalized spacial score (nSPS) is 10.6. The summed E-state index contributed by atoms with van der Waals surface area (Å²) in [4.78, 5) is 38.5. The van der Waals surface area contributed by atoms with Gasteiger partial charge in [-0.2, -0.15) is 0 Å². The summed E-state index contributed by atoms with van der Waals surface area (Å²) in [5, 5.41) is 0. The summed E-state index contributed by atoms with van der Waals surface area (Å²) in [5.41, 5.74) is 2.15. The molecule has 8 nitrogen and oxygen atoms in total. The molecular weight excluding hydrogens is 623 g/mol. The molecule has 10 heteroatoms. The molecule has 1 aliphatic rings. The number of carbonyl (C=O) groups is 3. The van der Waals surface area contributed by atoms with E-state index in [1.165, 1.54) is 0 Å². The third-order valence-corrected chi connectivity index (χ3v) is 3.38. The Morgan fingerprint density at radius 3 is 2.58 bits per heavy atom. The Labute approximate surface area is 208 Å². The minimum Gasteiger partial charge on any atom is -0.461 e. The summed E-state index contributed by atoms with van der Waals surface area (Å²) in [6, 6.07) is 5.51. The van der Waals surface area contributed by atoms with E-state index in [2.05, 4.69) is 29.5 Å². The summed E-state index contributed by atoms with van der Waals surface area (Å²) in [5.74, 6) is -0.758. The van der Waals surface area contributed by atoms with Crippen LogP contribution in [0.2, 0.25) is 0 Å². The van der Waals surface area contributed by atoms with Crippen molar-refractivity contribution in [3.8, 4) is 6.57 Å². The summed E-state index contributed by atoms with van der Waals surface area (Å²) in [6.45, 7) is 8.89. The Hall–Kier alpha value is -2.61. The van der Waals surface area contributed by atoms with Crippen molar-refractivity contribution in [2.45, 2.75) is 20.3 Å². The van der Waals surface area contributed by atoms with E-state index >= 15 is 0 Å². The molecule has 0 unspecified atom stereocenters. The maximum Gasteiger partial charge on any atom is 0.391 e. The van der Waals surface area contributed by atoms with Gasteiger partial charge in [0.15, 0.2) is 5.69 Å². The summed E-state index contributed by atoms with van der Waals surface area (Å²) in [6.07, 6.45) is 10.9. The van der Waals surface area contributed by atoms with Crippen LogP contribution in [-0.2, 0) is 19.1 Å². The first kappa shape index (κ1) is 28.4. The van der Waals surface area contributed by atoms with E-state index in [4.69, 9.17) is 6.07 Å². The summed E-state index contributed by atoms with van der Waals surface area (Å²) >= 11 is 0. The number of carbonyl (C=O) groups excluding carboxylic acids is 3. The van der Waals surface area contributed by atoms with Crippen LogP contribution in [-0.4, -0.2) is 57.1 Å². The molecule has 0 N–H and O–H groups in total. The molecule has 2 radical (unpaired) electrons. The fraction of sp³-hybridized carbons (Fsp3) is 0.286. The number of fused-ring (bicyclic) bond motifs is 1. The van der Waals surface area contributed by atoms with E-state index in [-0.39, 0.29) is 49.6 Å². The molecule has 0 saturated heterocycles. The van der Waals surface area contributed by atoms with Crippen molar-refractivity contribution in [3.05, 3.63) is 65.1 Å². The van der Waals surface area contributed by atoms with Gasteiger partial charge in [0.1, 0.15) is 12.6 Å². The second kappa shape index (κ2) is 18.2. The molecule has 3 rings (SSSR count). The van der Waals surface area contributed by atoms with Gasteiger partial charge in [-0.05, 0) is 45.4 Å². The number of allylic oxidation sites excluding steroid dienone is 4. The number of hydrogen-bond donors (Lipinski definition) is 0. The zero-order valence-electron chi connectivity index (χ0n) is 18.6. The molecular formula is C21H25BN3O5U+. The molecule has 0 atom stereocenters. The van der Waals surface area contributed by atoms with Crippen molar-refractivity contribution in [3.63, 3.8) is 0 Å². The Bertz CT molecular complexity index is 941. The maximum absolute atomic E-state index is 11.3. The molecule has 0 bridgehead atoms.